The van der Waals surface area contributed by atoms with Gasteiger partial charge in [0, 0.05) is 25.3 Å². The molecule has 1 aromatic carbocycles. The molecule has 98 valence electrons. The number of nitrogens with zero attached hydrogens (tertiary/aromatic N) is 2. The average Bonchev–Trinajstić information content (AvgIpc) is 2.94. The minimum absolute atomic E-state index is 1.15. The van der Waals surface area contributed by atoms with Crippen molar-refractivity contribution in [1.29, 1.82) is 0 Å². The molecular weight excluding hydrogens is 220 g/mol. The van der Waals surface area contributed by atoms with Gasteiger partial charge in [0.25, 0.3) is 0 Å². The fourth-order valence-electron chi connectivity index (χ4n) is 3.27. The maximum atomic E-state index is 2.62. The molecule has 0 saturated carbocycles. The first-order valence-electron chi connectivity index (χ1n) is 7.49. The van der Waals surface area contributed by atoms with E-state index in [2.05, 4.69) is 34.1 Å². The predicted octanol–water partition coefficient (Wildman–Crippen LogP) is 3.27. The van der Waals surface area contributed by atoms with Crippen LogP contribution < -0.4 is 4.90 Å². The minimum Gasteiger partial charge on any atom is -0.371 e. The minimum atomic E-state index is 1.15. The van der Waals surface area contributed by atoms with Gasteiger partial charge in [-0.3, -0.25) is 4.90 Å². The predicted molar refractivity (Wildman–Crippen MR) is 77.0 cm³/mol. The first-order valence-corrected chi connectivity index (χ1v) is 7.49. The molecule has 2 saturated heterocycles. The van der Waals surface area contributed by atoms with Gasteiger partial charge in [-0.25, -0.2) is 0 Å². The molecule has 0 spiro atoms. The van der Waals surface area contributed by atoms with Crippen molar-refractivity contribution >= 4 is 5.69 Å². The van der Waals surface area contributed by atoms with Gasteiger partial charge in [0.15, 0.2) is 0 Å². The van der Waals surface area contributed by atoms with Crippen LogP contribution in [0.3, 0.4) is 0 Å². The standard InChI is InChI=1S/C16H24N2/c1-4-10-17(11-5-1)14-15-8-2-3-9-16(15)18-12-6-7-13-18/h2-3,8-9H,1,4-7,10-14H2. The Labute approximate surface area is 111 Å². The normalized spacial score (nSPS) is 21.4. The van der Waals surface area contributed by atoms with Crippen molar-refractivity contribution in [2.24, 2.45) is 0 Å². The van der Waals surface area contributed by atoms with E-state index in [-0.39, 0.29) is 0 Å². The van der Waals surface area contributed by atoms with E-state index >= 15 is 0 Å². The van der Waals surface area contributed by atoms with Crippen LogP contribution in [0.25, 0.3) is 0 Å². The lowest BCUT2D eigenvalue weighted by atomic mass is 10.1. The molecular formula is C16H24N2. The Morgan fingerprint density at radius 1 is 0.778 bits per heavy atom. The Kier molecular flexibility index (Phi) is 3.84. The second-order valence-corrected chi connectivity index (χ2v) is 5.66. The van der Waals surface area contributed by atoms with E-state index in [4.69, 9.17) is 0 Å². The van der Waals surface area contributed by atoms with Gasteiger partial charge in [-0.2, -0.15) is 0 Å². The zero-order valence-electron chi connectivity index (χ0n) is 11.3. The second-order valence-electron chi connectivity index (χ2n) is 5.66. The van der Waals surface area contributed by atoms with Crippen LogP contribution in [0.15, 0.2) is 24.3 Å². The molecule has 2 heteroatoms. The molecule has 0 bridgehead atoms. The highest BCUT2D eigenvalue weighted by atomic mass is 15.2. The van der Waals surface area contributed by atoms with Crippen molar-refractivity contribution in [2.45, 2.75) is 38.6 Å². The molecule has 0 atom stereocenters. The molecule has 2 fully saturated rings. The topological polar surface area (TPSA) is 6.48 Å². The molecule has 0 amide bonds. The number of rotatable bonds is 3. The molecule has 18 heavy (non-hydrogen) atoms. The van der Waals surface area contributed by atoms with Crippen LogP contribution in [-0.4, -0.2) is 31.1 Å². The molecule has 2 heterocycles. The Bertz CT molecular complexity index is 376. The molecule has 0 N–H and O–H groups in total. The molecule has 2 aliphatic heterocycles. The Hall–Kier alpha value is -1.02. The van der Waals surface area contributed by atoms with Gasteiger partial charge in [-0.1, -0.05) is 24.6 Å². The van der Waals surface area contributed by atoms with Crippen molar-refractivity contribution in [3.63, 3.8) is 0 Å². The van der Waals surface area contributed by atoms with Crippen LogP contribution >= 0.6 is 0 Å². The van der Waals surface area contributed by atoms with E-state index in [1.165, 1.54) is 69.5 Å². The molecule has 1 aromatic rings. The van der Waals surface area contributed by atoms with Crippen LogP contribution in [0, 0.1) is 0 Å². The lowest BCUT2D eigenvalue weighted by molar-refractivity contribution is 0.221. The maximum Gasteiger partial charge on any atom is 0.0411 e. The van der Waals surface area contributed by atoms with E-state index in [1.54, 1.807) is 0 Å². The van der Waals surface area contributed by atoms with E-state index in [0.29, 0.717) is 0 Å². The smallest absolute Gasteiger partial charge is 0.0411 e. The number of para-hydroxylation sites is 1. The first-order chi connectivity index (χ1) is 8.93. The Balaban J connectivity index is 1.73. The zero-order chi connectivity index (χ0) is 12.2. The second kappa shape index (κ2) is 5.75. The largest absolute Gasteiger partial charge is 0.371 e. The number of likely N-dealkylation sites (tertiary alicyclic amines) is 1. The zero-order valence-corrected chi connectivity index (χ0v) is 11.3. The fourth-order valence-corrected chi connectivity index (χ4v) is 3.27. The highest BCUT2D eigenvalue weighted by molar-refractivity contribution is 5.54. The highest BCUT2D eigenvalue weighted by Gasteiger charge is 2.17. The third-order valence-electron chi connectivity index (χ3n) is 4.28. The number of piperidine rings is 1. The molecule has 0 aliphatic carbocycles. The van der Waals surface area contributed by atoms with Crippen LogP contribution in [0.1, 0.15) is 37.7 Å². The summed E-state index contributed by atoms with van der Waals surface area (Å²) in [6, 6.07) is 9.01. The maximum absolute atomic E-state index is 2.62. The van der Waals surface area contributed by atoms with Crippen LogP contribution in [0.2, 0.25) is 0 Å². The molecule has 3 rings (SSSR count). The van der Waals surface area contributed by atoms with Gasteiger partial charge in [-0.15, -0.1) is 0 Å². The van der Waals surface area contributed by atoms with Crippen LogP contribution in [0.4, 0.5) is 5.69 Å². The highest BCUT2D eigenvalue weighted by Crippen LogP contribution is 2.26. The number of hydrogen-bond donors (Lipinski definition) is 0. The van der Waals surface area contributed by atoms with Crippen molar-refractivity contribution in [3.05, 3.63) is 29.8 Å². The summed E-state index contributed by atoms with van der Waals surface area (Å²) >= 11 is 0. The van der Waals surface area contributed by atoms with Crippen molar-refractivity contribution in [2.75, 3.05) is 31.1 Å². The van der Waals surface area contributed by atoms with Crippen molar-refractivity contribution in [1.82, 2.24) is 4.90 Å². The van der Waals surface area contributed by atoms with Gasteiger partial charge in [0.1, 0.15) is 0 Å². The fraction of sp³-hybridized carbons (Fsp3) is 0.625. The quantitative estimate of drug-likeness (QED) is 0.805. The lowest BCUT2D eigenvalue weighted by Crippen LogP contribution is -2.30. The molecule has 2 aliphatic rings. The molecule has 0 unspecified atom stereocenters. The van der Waals surface area contributed by atoms with Gasteiger partial charge >= 0.3 is 0 Å². The Morgan fingerprint density at radius 2 is 1.44 bits per heavy atom. The van der Waals surface area contributed by atoms with Gasteiger partial charge < -0.3 is 4.90 Å². The van der Waals surface area contributed by atoms with Crippen LogP contribution in [-0.2, 0) is 6.54 Å². The third kappa shape index (κ3) is 2.69. The van der Waals surface area contributed by atoms with Crippen molar-refractivity contribution < 1.29 is 0 Å². The Morgan fingerprint density at radius 3 is 2.22 bits per heavy atom. The summed E-state index contributed by atoms with van der Waals surface area (Å²) in [6.45, 7) is 6.21. The van der Waals surface area contributed by atoms with E-state index in [0.717, 1.165) is 6.54 Å². The number of anilines is 1. The summed E-state index contributed by atoms with van der Waals surface area (Å²) in [5.74, 6) is 0. The first kappa shape index (κ1) is 12.0. The average molecular weight is 244 g/mol. The lowest BCUT2D eigenvalue weighted by Gasteiger charge is -2.29. The van der Waals surface area contributed by atoms with E-state index in [1.807, 2.05) is 0 Å². The third-order valence-corrected chi connectivity index (χ3v) is 4.28. The SMILES string of the molecule is c1ccc(N2CCCC2)c(CN2CCCCC2)c1. The number of hydrogen-bond acceptors (Lipinski definition) is 2. The molecule has 0 radical (unpaired) electrons. The summed E-state index contributed by atoms with van der Waals surface area (Å²) < 4.78 is 0. The van der Waals surface area contributed by atoms with Gasteiger partial charge in [0.2, 0.25) is 0 Å². The van der Waals surface area contributed by atoms with Gasteiger partial charge in [0.05, 0.1) is 0 Å². The molecule has 0 aromatic heterocycles. The van der Waals surface area contributed by atoms with E-state index in [9.17, 15) is 0 Å². The summed E-state index contributed by atoms with van der Waals surface area (Å²) in [6.07, 6.45) is 6.90. The summed E-state index contributed by atoms with van der Waals surface area (Å²) in [5, 5.41) is 0. The summed E-state index contributed by atoms with van der Waals surface area (Å²) in [5.41, 5.74) is 3.02. The molecule has 2 nitrogen and oxygen atoms in total. The summed E-state index contributed by atoms with van der Waals surface area (Å²) in [7, 11) is 0. The van der Waals surface area contributed by atoms with Gasteiger partial charge in [-0.05, 0) is 50.4 Å². The van der Waals surface area contributed by atoms with Crippen molar-refractivity contribution in [3.8, 4) is 0 Å². The monoisotopic (exact) mass is 244 g/mol. The summed E-state index contributed by atoms with van der Waals surface area (Å²) in [4.78, 5) is 5.19. The van der Waals surface area contributed by atoms with Crippen LogP contribution in [0.5, 0.6) is 0 Å². The number of benzene rings is 1. The van der Waals surface area contributed by atoms with E-state index < -0.39 is 0 Å².